The maximum Gasteiger partial charge on any atom is 0.0413 e. The van der Waals surface area contributed by atoms with Gasteiger partial charge in [0.2, 0.25) is 0 Å². The first-order valence-electron chi connectivity index (χ1n) is 6.70. The summed E-state index contributed by atoms with van der Waals surface area (Å²) < 4.78 is 0. The third-order valence-electron chi connectivity index (χ3n) is 3.35. The maximum atomic E-state index is 3.41. The van der Waals surface area contributed by atoms with Gasteiger partial charge in [0.1, 0.15) is 0 Å². The molecule has 2 aromatic rings. The van der Waals surface area contributed by atoms with Gasteiger partial charge in [-0.05, 0) is 41.3 Å². The molecule has 1 nitrogen and oxygen atoms in total. The Kier molecular flexibility index (Phi) is 3.20. The van der Waals surface area contributed by atoms with Crippen LogP contribution in [0.1, 0.15) is 23.6 Å². The van der Waals surface area contributed by atoms with Crippen LogP contribution in [0.25, 0.3) is 17.7 Å². The molecule has 1 aliphatic carbocycles. The van der Waals surface area contributed by atoms with Crippen molar-refractivity contribution < 1.29 is 0 Å². The molecule has 1 N–H and O–H groups in total. The van der Waals surface area contributed by atoms with Gasteiger partial charge < -0.3 is 5.32 Å². The predicted molar refractivity (Wildman–Crippen MR) is 84.0 cm³/mol. The smallest absolute Gasteiger partial charge is 0.0413 e. The van der Waals surface area contributed by atoms with E-state index in [4.69, 9.17) is 0 Å². The van der Waals surface area contributed by atoms with E-state index >= 15 is 0 Å². The van der Waals surface area contributed by atoms with E-state index in [9.17, 15) is 0 Å². The molecule has 0 bridgehead atoms. The molecule has 19 heavy (non-hydrogen) atoms. The van der Waals surface area contributed by atoms with Crippen molar-refractivity contribution in [3.05, 3.63) is 71.3 Å². The van der Waals surface area contributed by atoms with Gasteiger partial charge in [-0.1, -0.05) is 54.6 Å². The van der Waals surface area contributed by atoms with E-state index in [1.807, 2.05) is 0 Å². The average Bonchev–Trinajstić information content (AvgIpc) is 2.85. The zero-order chi connectivity index (χ0) is 13.1. The molecule has 1 aliphatic rings. The van der Waals surface area contributed by atoms with Crippen LogP contribution < -0.4 is 5.32 Å². The Morgan fingerprint density at radius 2 is 1.74 bits per heavy atom. The Bertz CT molecular complexity index is 650. The van der Waals surface area contributed by atoms with E-state index in [0.717, 1.165) is 6.54 Å². The van der Waals surface area contributed by atoms with Crippen molar-refractivity contribution in [2.24, 2.45) is 0 Å². The first kappa shape index (κ1) is 11.8. The average molecular weight is 247 g/mol. The highest BCUT2D eigenvalue weighted by molar-refractivity contribution is 5.98. The zero-order valence-corrected chi connectivity index (χ0v) is 11.1. The van der Waals surface area contributed by atoms with Gasteiger partial charge in [0.15, 0.2) is 0 Å². The largest absolute Gasteiger partial charge is 0.385 e. The fourth-order valence-corrected chi connectivity index (χ4v) is 2.44. The first-order chi connectivity index (χ1) is 9.38. The fourth-order valence-electron chi connectivity index (χ4n) is 2.44. The zero-order valence-electron chi connectivity index (χ0n) is 11.1. The molecule has 0 unspecified atom stereocenters. The topological polar surface area (TPSA) is 12.0 Å². The van der Waals surface area contributed by atoms with Gasteiger partial charge in [-0.2, -0.15) is 0 Å². The van der Waals surface area contributed by atoms with Gasteiger partial charge >= 0.3 is 0 Å². The van der Waals surface area contributed by atoms with Crippen LogP contribution in [0, 0.1) is 0 Å². The second-order valence-electron chi connectivity index (χ2n) is 4.64. The summed E-state index contributed by atoms with van der Waals surface area (Å²) in [5, 5.41) is 3.41. The molecule has 0 aromatic heterocycles. The summed E-state index contributed by atoms with van der Waals surface area (Å²) in [6.07, 6.45) is 6.62. The lowest BCUT2D eigenvalue weighted by molar-refractivity contribution is 1.21. The summed E-state index contributed by atoms with van der Waals surface area (Å²) in [6, 6.07) is 16.9. The number of hydrogen-bond donors (Lipinski definition) is 1. The number of allylic oxidation sites excluding steroid dienone is 2. The van der Waals surface area contributed by atoms with Gasteiger partial charge in [-0.3, -0.25) is 0 Å². The van der Waals surface area contributed by atoms with E-state index in [1.165, 1.54) is 28.0 Å². The lowest BCUT2D eigenvalue weighted by Gasteiger charge is -2.08. The quantitative estimate of drug-likeness (QED) is 0.830. The molecule has 0 heterocycles. The summed E-state index contributed by atoms with van der Waals surface area (Å²) >= 11 is 0. The molecule has 1 heteroatoms. The number of benzene rings is 2. The highest BCUT2D eigenvalue weighted by atomic mass is 14.9. The van der Waals surface area contributed by atoms with Crippen molar-refractivity contribution in [1.82, 2.24) is 0 Å². The molecule has 0 fully saturated rings. The lowest BCUT2D eigenvalue weighted by atomic mass is 10.0. The molecule has 0 radical (unpaired) electrons. The predicted octanol–water partition coefficient (Wildman–Crippen LogP) is 4.69. The van der Waals surface area contributed by atoms with Crippen molar-refractivity contribution >= 4 is 23.4 Å². The van der Waals surface area contributed by atoms with Crippen LogP contribution in [-0.4, -0.2) is 6.54 Å². The molecule has 3 rings (SSSR count). The second kappa shape index (κ2) is 5.15. The van der Waals surface area contributed by atoms with Gasteiger partial charge in [0.05, 0.1) is 0 Å². The van der Waals surface area contributed by atoms with Crippen molar-refractivity contribution in [3.8, 4) is 0 Å². The summed E-state index contributed by atoms with van der Waals surface area (Å²) in [5.41, 5.74) is 6.32. The van der Waals surface area contributed by atoms with Gasteiger partial charge in [0.25, 0.3) is 0 Å². The number of rotatable bonds is 3. The first-order valence-corrected chi connectivity index (χ1v) is 6.70. The second-order valence-corrected chi connectivity index (χ2v) is 4.64. The summed E-state index contributed by atoms with van der Waals surface area (Å²) in [4.78, 5) is 0. The Labute approximate surface area is 114 Å². The van der Waals surface area contributed by atoms with Crippen molar-refractivity contribution in [2.75, 3.05) is 11.9 Å². The maximum absolute atomic E-state index is 3.41. The third kappa shape index (κ3) is 2.32. The Hall–Kier alpha value is -2.28. The van der Waals surface area contributed by atoms with E-state index < -0.39 is 0 Å². The molecule has 0 spiro atoms. The fraction of sp³-hybridized carbons (Fsp3) is 0.111. The highest BCUT2D eigenvalue weighted by Crippen LogP contribution is 2.31. The van der Waals surface area contributed by atoms with Crippen LogP contribution in [0.3, 0.4) is 0 Å². The summed E-state index contributed by atoms with van der Waals surface area (Å²) in [6.45, 7) is 3.06. The molecule has 94 valence electrons. The Balaban J connectivity index is 2.02. The van der Waals surface area contributed by atoms with E-state index in [0.29, 0.717) is 0 Å². The van der Waals surface area contributed by atoms with Gasteiger partial charge in [-0.25, -0.2) is 0 Å². The number of anilines is 1. The van der Waals surface area contributed by atoms with Gasteiger partial charge in [-0.15, -0.1) is 0 Å². The molecular weight excluding hydrogens is 230 g/mol. The minimum atomic E-state index is 0.937. The van der Waals surface area contributed by atoms with Crippen LogP contribution in [0.5, 0.6) is 0 Å². The number of para-hydroxylation sites is 1. The number of nitrogens with one attached hydrogen (secondary N) is 1. The number of fused-ring (bicyclic) bond motifs is 1. The molecule has 0 aliphatic heterocycles. The van der Waals surface area contributed by atoms with Gasteiger partial charge in [0, 0.05) is 12.2 Å². The van der Waals surface area contributed by atoms with Crippen LogP contribution in [0.15, 0.2) is 54.6 Å². The van der Waals surface area contributed by atoms with Crippen LogP contribution in [0.2, 0.25) is 0 Å². The summed E-state index contributed by atoms with van der Waals surface area (Å²) in [7, 11) is 0. The van der Waals surface area contributed by atoms with Crippen molar-refractivity contribution in [3.63, 3.8) is 0 Å². The molecule has 0 saturated heterocycles. The molecule has 0 saturated carbocycles. The standard InChI is InChI=1S/C18H17N/c1-2-19-18-10-6-4-8-16(18)13-15-12-11-14-7-3-5-9-17(14)15/h3-13,19H,2H2,1H3/b15-13-. The molecule has 2 aromatic carbocycles. The Morgan fingerprint density at radius 1 is 0.947 bits per heavy atom. The molecule has 0 atom stereocenters. The van der Waals surface area contributed by atoms with E-state index in [-0.39, 0.29) is 0 Å². The van der Waals surface area contributed by atoms with Crippen LogP contribution in [0.4, 0.5) is 5.69 Å². The normalized spacial score (nSPS) is 14.7. The SMILES string of the molecule is CCNc1ccccc1/C=C1/C=Cc2ccccc21. The third-order valence-corrected chi connectivity index (χ3v) is 3.35. The van der Waals surface area contributed by atoms with E-state index in [2.05, 4.69) is 79.0 Å². The minimum Gasteiger partial charge on any atom is -0.385 e. The lowest BCUT2D eigenvalue weighted by Crippen LogP contribution is -1.98. The Morgan fingerprint density at radius 3 is 2.63 bits per heavy atom. The molecular formula is C18H17N. The highest BCUT2D eigenvalue weighted by Gasteiger charge is 2.09. The minimum absolute atomic E-state index is 0.937. The monoisotopic (exact) mass is 247 g/mol. The van der Waals surface area contributed by atoms with Crippen LogP contribution >= 0.6 is 0 Å². The van der Waals surface area contributed by atoms with Crippen molar-refractivity contribution in [2.45, 2.75) is 6.92 Å². The van der Waals surface area contributed by atoms with E-state index in [1.54, 1.807) is 0 Å². The van der Waals surface area contributed by atoms with Crippen LogP contribution in [-0.2, 0) is 0 Å². The number of hydrogen-bond acceptors (Lipinski definition) is 1. The summed E-state index contributed by atoms with van der Waals surface area (Å²) in [5.74, 6) is 0. The molecule has 0 amide bonds. The van der Waals surface area contributed by atoms with Crippen molar-refractivity contribution in [1.29, 1.82) is 0 Å².